The lowest BCUT2D eigenvalue weighted by molar-refractivity contribution is -0.141. The van der Waals surface area contributed by atoms with E-state index < -0.39 is 0 Å². The van der Waals surface area contributed by atoms with E-state index >= 15 is 0 Å². The number of benzene rings is 1. The van der Waals surface area contributed by atoms with Gasteiger partial charge in [0, 0.05) is 23.6 Å². The predicted octanol–water partition coefficient (Wildman–Crippen LogP) is 2.25. The molecule has 1 heterocycles. The second-order valence-corrected chi connectivity index (χ2v) is 5.61. The number of hydrogen-bond donors (Lipinski definition) is 0. The summed E-state index contributed by atoms with van der Waals surface area (Å²) < 4.78 is 11.1. The van der Waals surface area contributed by atoms with Crippen LogP contribution in [0.4, 0.5) is 0 Å². The van der Waals surface area contributed by atoms with Crippen LogP contribution < -0.4 is 4.74 Å². The highest BCUT2D eigenvalue weighted by Gasteiger charge is 2.20. The zero-order valence-corrected chi connectivity index (χ0v) is 13.5. The van der Waals surface area contributed by atoms with E-state index in [2.05, 4.69) is 20.7 Å². The molecule has 6 heteroatoms. The molecule has 5 nitrogen and oxygen atoms in total. The van der Waals surface area contributed by atoms with Crippen LogP contribution in [0.1, 0.15) is 12.0 Å². The first kappa shape index (κ1) is 15.6. The molecule has 0 fully saturated rings. The smallest absolute Gasteiger partial charge is 0.307 e. The van der Waals surface area contributed by atoms with Gasteiger partial charge in [0.2, 0.25) is 0 Å². The lowest BCUT2D eigenvalue weighted by Gasteiger charge is -2.22. The van der Waals surface area contributed by atoms with E-state index in [0.29, 0.717) is 12.1 Å². The number of nitrogens with zero attached hydrogens (tertiary/aromatic N) is 1. The number of carbonyl (C=O) groups excluding carboxylic acids is 2. The Labute approximate surface area is 131 Å². The maximum atomic E-state index is 12.3. The van der Waals surface area contributed by atoms with E-state index in [9.17, 15) is 9.59 Å². The van der Waals surface area contributed by atoms with E-state index in [1.807, 2.05) is 24.3 Å². The van der Waals surface area contributed by atoms with Crippen LogP contribution in [0, 0.1) is 0 Å². The molecular formula is C15H16BrNO4. The highest BCUT2D eigenvalue weighted by molar-refractivity contribution is 9.10. The van der Waals surface area contributed by atoms with Gasteiger partial charge < -0.3 is 14.4 Å². The van der Waals surface area contributed by atoms with Crippen LogP contribution in [0.15, 0.2) is 28.2 Å². The number of esters is 1. The van der Waals surface area contributed by atoms with Crippen molar-refractivity contribution in [3.05, 3.63) is 33.8 Å². The molecule has 1 aliphatic heterocycles. The van der Waals surface area contributed by atoms with Crippen LogP contribution in [0.25, 0.3) is 6.08 Å². The van der Waals surface area contributed by atoms with Gasteiger partial charge in [0.1, 0.15) is 12.4 Å². The van der Waals surface area contributed by atoms with Gasteiger partial charge in [-0.3, -0.25) is 9.59 Å². The fourth-order valence-electron chi connectivity index (χ4n) is 1.98. The number of carbonyl (C=O) groups is 2. The number of ether oxygens (including phenoxy) is 2. The van der Waals surface area contributed by atoms with Gasteiger partial charge in [0.15, 0.2) is 0 Å². The second-order valence-electron chi connectivity index (χ2n) is 4.69. The fraction of sp³-hybridized carbons (Fsp3) is 0.333. The Bertz CT molecular complexity index is 597. The van der Waals surface area contributed by atoms with E-state index in [1.54, 1.807) is 7.05 Å². The van der Waals surface area contributed by atoms with Crippen molar-refractivity contribution in [1.82, 2.24) is 4.90 Å². The third-order valence-corrected chi connectivity index (χ3v) is 3.68. The van der Waals surface area contributed by atoms with Crippen molar-refractivity contribution in [3.8, 4) is 5.75 Å². The summed E-state index contributed by atoms with van der Waals surface area (Å²) >= 11 is 3.39. The summed E-state index contributed by atoms with van der Waals surface area (Å²) in [6, 6.07) is 5.65. The molecule has 0 saturated heterocycles. The summed E-state index contributed by atoms with van der Waals surface area (Å²) in [5, 5.41) is 0. The molecule has 0 N–H and O–H groups in total. The molecule has 2 rings (SSSR count). The van der Waals surface area contributed by atoms with Crippen LogP contribution in [0.5, 0.6) is 5.75 Å². The lowest BCUT2D eigenvalue weighted by atomic mass is 10.1. The molecular weight excluding hydrogens is 338 g/mol. The molecule has 21 heavy (non-hydrogen) atoms. The minimum atomic E-state index is -0.335. The Kier molecular flexibility index (Phi) is 5.01. The quantitative estimate of drug-likeness (QED) is 0.779. The Morgan fingerprint density at radius 3 is 2.90 bits per heavy atom. The van der Waals surface area contributed by atoms with Crippen molar-refractivity contribution < 1.29 is 19.1 Å². The van der Waals surface area contributed by atoms with Gasteiger partial charge in [-0.2, -0.15) is 0 Å². The molecule has 1 aromatic rings. The summed E-state index contributed by atoms with van der Waals surface area (Å²) in [6.07, 6.45) is 2.00. The third kappa shape index (κ3) is 3.85. The van der Waals surface area contributed by atoms with Crippen molar-refractivity contribution >= 4 is 33.9 Å². The normalized spacial score (nSPS) is 12.8. The average molecular weight is 354 g/mol. The fourth-order valence-corrected chi connectivity index (χ4v) is 2.36. The summed E-state index contributed by atoms with van der Waals surface area (Å²) in [5.74, 6) is 0.272. The van der Waals surface area contributed by atoms with E-state index in [0.717, 1.165) is 15.8 Å². The Balaban J connectivity index is 2.08. The topological polar surface area (TPSA) is 55.8 Å². The van der Waals surface area contributed by atoms with E-state index in [1.165, 1.54) is 12.0 Å². The van der Waals surface area contributed by atoms with Crippen molar-refractivity contribution in [2.45, 2.75) is 6.42 Å². The number of methoxy groups -OCH3 is 1. The molecule has 0 radical (unpaired) electrons. The highest BCUT2D eigenvalue weighted by atomic mass is 79.9. The van der Waals surface area contributed by atoms with Gasteiger partial charge in [0.05, 0.1) is 19.1 Å². The first-order valence-corrected chi connectivity index (χ1v) is 7.25. The molecule has 0 bridgehead atoms. The van der Waals surface area contributed by atoms with Gasteiger partial charge >= 0.3 is 5.97 Å². The molecule has 0 spiro atoms. The molecule has 1 aliphatic rings. The number of hydrogen-bond acceptors (Lipinski definition) is 4. The van der Waals surface area contributed by atoms with Gasteiger partial charge in [-0.05, 0) is 24.3 Å². The van der Waals surface area contributed by atoms with Gasteiger partial charge in [-0.1, -0.05) is 15.9 Å². The summed E-state index contributed by atoms with van der Waals surface area (Å²) in [7, 11) is 2.99. The first-order valence-electron chi connectivity index (χ1n) is 6.46. The van der Waals surface area contributed by atoms with Crippen LogP contribution in [0.3, 0.4) is 0 Å². The zero-order chi connectivity index (χ0) is 15.4. The van der Waals surface area contributed by atoms with Crippen molar-refractivity contribution in [2.24, 2.45) is 0 Å². The Morgan fingerprint density at radius 2 is 2.19 bits per heavy atom. The van der Waals surface area contributed by atoms with Crippen molar-refractivity contribution in [3.63, 3.8) is 0 Å². The Hall–Kier alpha value is -1.82. The number of amides is 1. The summed E-state index contributed by atoms with van der Waals surface area (Å²) in [4.78, 5) is 24.9. The zero-order valence-electron chi connectivity index (χ0n) is 11.9. The molecule has 0 atom stereocenters. The van der Waals surface area contributed by atoms with Crippen molar-refractivity contribution in [2.75, 3.05) is 27.3 Å². The number of likely N-dealkylation sites (N-methyl/N-ethyl adjacent to an activating group) is 1. The highest BCUT2D eigenvalue weighted by Crippen LogP contribution is 2.29. The average Bonchev–Trinajstić information content (AvgIpc) is 2.50. The monoisotopic (exact) mass is 353 g/mol. The first-order chi connectivity index (χ1) is 10.0. The summed E-state index contributed by atoms with van der Waals surface area (Å²) in [6.45, 7) is 0.546. The molecule has 0 aromatic heterocycles. The van der Waals surface area contributed by atoms with Gasteiger partial charge in [0.25, 0.3) is 5.91 Å². The minimum Gasteiger partial charge on any atom is -0.488 e. The molecule has 112 valence electrons. The maximum absolute atomic E-state index is 12.3. The number of rotatable bonds is 4. The SMILES string of the molecule is COC(=O)CCN(C)C(=O)C1=Cc2cc(Br)ccc2OC1. The molecule has 0 aliphatic carbocycles. The van der Waals surface area contributed by atoms with Crippen LogP contribution in [-0.4, -0.2) is 44.1 Å². The van der Waals surface area contributed by atoms with Gasteiger partial charge in [-0.15, -0.1) is 0 Å². The number of fused-ring (bicyclic) bond motifs is 1. The maximum Gasteiger partial charge on any atom is 0.307 e. The molecule has 0 unspecified atom stereocenters. The Morgan fingerprint density at radius 1 is 1.43 bits per heavy atom. The van der Waals surface area contributed by atoms with Crippen molar-refractivity contribution in [1.29, 1.82) is 0 Å². The van der Waals surface area contributed by atoms with Gasteiger partial charge in [-0.25, -0.2) is 0 Å². The van der Waals surface area contributed by atoms with E-state index in [4.69, 9.17) is 4.74 Å². The standard InChI is InChI=1S/C15H16BrNO4/c1-17(6-5-14(18)20-2)15(19)11-7-10-8-12(16)3-4-13(10)21-9-11/h3-4,7-8H,5-6,9H2,1-2H3. The third-order valence-electron chi connectivity index (χ3n) is 3.19. The van der Waals surface area contributed by atoms with Crippen LogP contribution in [0.2, 0.25) is 0 Å². The minimum absolute atomic E-state index is 0.149. The molecule has 1 amide bonds. The van der Waals surface area contributed by atoms with Crippen LogP contribution >= 0.6 is 15.9 Å². The largest absolute Gasteiger partial charge is 0.488 e. The number of halogens is 1. The van der Waals surface area contributed by atoms with Crippen LogP contribution in [-0.2, 0) is 14.3 Å². The summed E-state index contributed by atoms with van der Waals surface area (Å²) in [5.41, 5.74) is 1.42. The molecule has 0 saturated carbocycles. The van der Waals surface area contributed by atoms with E-state index in [-0.39, 0.29) is 24.9 Å². The second kappa shape index (κ2) is 6.76. The predicted molar refractivity (Wildman–Crippen MR) is 81.9 cm³/mol. The molecule has 1 aromatic carbocycles. The lowest BCUT2D eigenvalue weighted by Crippen LogP contribution is -2.32.